The lowest BCUT2D eigenvalue weighted by Crippen LogP contribution is -2.58. The summed E-state index contributed by atoms with van der Waals surface area (Å²) in [7, 11) is 0. The molecule has 0 spiro atoms. The van der Waals surface area contributed by atoms with Gasteiger partial charge in [-0.15, -0.1) is 0 Å². The minimum Gasteiger partial charge on any atom is -0.480 e. The Morgan fingerprint density at radius 3 is 2.05 bits per heavy atom. The zero-order valence-electron chi connectivity index (χ0n) is 19.9. The second-order valence-corrected chi connectivity index (χ2v) is 8.29. The summed E-state index contributed by atoms with van der Waals surface area (Å²) in [4.78, 5) is 67.7. The molecule has 2 aromatic rings. The molecule has 0 aliphatic rings. The molecule has 200 valence electrons. The third-order valence-electron chi connectivity index (χ3n) is 5.36. The van der Waals surface area contributed by atoms with Crippen LogP contribution >= 0.6 is 0 Å². The highest BCUT2D eigenvalue weighted by Gasteiger charge is 2.31. The van der Waals surface area contributed by atoms with Crippen LogP contribution in [0.3, 0.4) is 0 Å². The normalized spacial score (nSPS) is 14.0. The highest BCUT2D eigenvalue weighted by Crippen LogP contribution is 2.07. The highest BCUT2D eigenvalue weighted by molar-refractivity contribution is 5.94. The van der Waals surface area contributed by atoms with Crippen LogP contribution in [-0.2, 0) is 36.8 Å². The molecule has 0 saturated carbocycles. The lowest BCUT2D eigenvalue weighted by atomic mass is 10.0. The average Bonchev–Trinajstić information content (AvgIpc) is 3.38. The van der Waals surface area contributed by atoms with Crippen molar-refractivity contribution >= 4 is 29.6 Å². The zero-order chi connectivity index (χ0) is 27.4. The number of rotatable bonds is 15. The molecule has 0 radical (unpaired) electrons. The number of carboxylic acid groups (broad SMARTS) is 1. The van der Waals surface area contributed by atoms with Crippen LogP contribution in [0.2, 0.25) is 0 Å². The first-order valence-electron chi connectivity index (χ1n) is 11.4. The lowest BCUT2D eigenvalue weighted by Gasteiger charge is -2.25. The minimum atomic E-state index is -1.59. The van der Waals surface area contributed by atoms with Crippen molar-refractivity contribution in [1.29, 1.82) is 0 Å². The van der Waals surface area contributed by atoms with Crippen LogP contribution in [-0.4, -0.2) is 80.6 Å². The van der Waals surface area contributed by atoms with Crippen LogP contribution in [0.5, 0.6) is 0 Å². The van der Waals surface area contributed by atoms with E-state index in [2.05, 4.69) is 25.9 Å². The van der Waals surface area contributed by atoms with Crippen molar-refractivity contribution < 1.29 is 34.2 Å². The van der Waals surface area contributed by atoms with Crippen molar-refractivity contribution in [2.45, 2.75) is 49.9 Å². The number of aromatic amines is 1. The molecule has 1 aromatic heterocycles. The van der Waals surface area contributed by atoms with Gasteiger partial charge < -0.3 is 42.6 Å². The van der Waals surface area contributed by atoms with Gasteiger partial charge in [-0.05, 0) is 12.0 Å². The Balaban J connectivity index is 2.23. The molecule has 0 aliphatic heterocycles. The van der Waals surface area contributed by atoms with Gasteiger partial charge in [0.25, 0.3) is 0 Å². The van der Waals surface area contributed by atoms with Gasteiger partial charge >= 0.3 is 5.97 Å². The molecule has 4 atom stereocenters. The largest absolute Gasteiger partial charge is 0.480 e. The van der Waals surface area contributed by atoms with Gasteiger partial charge in [0.2, 0.25) is 23.6 Å². The molecule has 4 unspecified atom stereocenters. The number of aromatic nitrogens is 2. The number of aliphatic hydroxyl groups excluding tert-OH is 1. The van der Waals surface area contributed by atoms with E-state index in [4.69, 9.17) is 16.6 Å². The number of aliphatic hydroxyl groups is 1. The number of aliphatic carboxylic acids is 1. The van der Waals surface area contributed by atoms with Gasteiger partial charge in [-0.2, -0.15) is 0 Å². The van der Waals surface area contributed by atoms with Crippen LogP contribution in [0.1, 0.15) is 24.1 Å². The van der Waals surface area contributed by atoms with Crippen LogP contribution in [0.15, 0.2) is 42.9 Å². The molecular formula is C23H31N7O7. The molecule has 1 aromatic carbocycles. The number of H-pyrrole nitrogens is 1. The first-order chi connectivity index (χ1) is 17.6. The van der Waals surface area contributed by atoms with Gasteiger partial charge in [-0.25, -0.2) is 9.78 Å². The molecule has 4 amide bonds. The van der Waals surface area contributed by atoms with E-state index in [1.165, 1.54) is 12.5 Å². The fourth-order valence-electron chi connectivity index (χ4n) is 3.32. The van der Waals surface area contributed by atoms with E-state index in [9.17, 15) is 29.1 Å². The number of amides is 4. The van der Waals surface area contributed by atoms with Gasteiger partial charge in [0.1, 0.15) is 18.1 Å². The first kappa shape index (κ1) is 28.9. The van der Waals surface area contributed by atoms with E-state index in [1.54, 1.807) is 30.3 Å². The van der Waals surface area contributed by atoms with Crippen molar-refractivity contribution in [3.8, 4) is 0 Å². The molecule has 2 rings (SSSR count). The summed E-state index contributed by atoms with van der Waals surface area (Å²) in [5.74, 6) is -4.39. The van der Waals surface area contributed by atoms with Gasteiger partial charge in [0, 0.05) is 31.2 Å². The molecular weight excluding hydrogens is 486 g/mol. The number of carboxylic acids is 1. The monoisotopic (exact) mass is 517 g/mol. The Bertz CT molecular complexity index is 1060. The Morgan fingerprint density at radius 1 is 0.919 bits per heavy atom. The summed E-state index contributed by atoms with van der Waals surface area (Å²) in [6.07, 6.45) is 2.61. The van der Waals surface area contributed by atoms with Crippen LogP contribution in [0, 0.1) is 0 Å². The molecule has 0 bridgehead atoms. The van der Waals surface area contributed by atoms with E-state index < -0.39 is 60.4 Å². The van der Waals surface area contributed by atoms with Crippen LogP contribution < -0.4 is 27.4 Å². The van der Waals surface area contributed by atoms with E-state index in [-0.39, 0.29) is 25.7 Å². The predicted octanol–water partition coefficient (Wildman–Crippen LogP) is -2.68. The maximum Gasteiger partial charge on any atom is 0.328 e. The Morgan fingerprint density at radius 2 is 1.51 bits per heavy atom. The van der Waals surface area contributed by atoms with E-state index >= 15 is 0 Å². The van der Waals surface area contributed by atoms with Crippen molar-refractivity contribution in [3.63, 3.8) is 0 Å². The van der Waals surface area contributed by atoms with Crippen molar-refractivity contribution in [2.75, 3.05) is 6.61 Å². The fraction of sp³-hybridized carbons (Fsp3) is 0.391. The first-order valence-corrected chi connectivity index (χ1v) is 11.4. The quantitative estimate of drug-likeness (QED) is 0.122. The molecule has 1 heterocycles. The number of nitrogens with one attached hydrogen (secondary N) is 4. The van der Waals surface area contributed by atoms with Gasteiger partial charge in [0.05, 0.1) is 19.0 Å². The minimum absolute atomic E-state index is 0.0244. The molecule has 0 fully saturated rings. The number of carbonyl (C=O) groups excluding carboxylic acids is 4. The van der Waals surface area contributed by atoms with Gasteiger partial charge in [-0.1, -0.05) is 30.3 Å². The summed E-state index contributed by atoms with van der Waals surface area (Å²) < 4.78 is 0. The third-order valence-corrected chi connectivity index (χ3v) is 5.36. The highest BCUT2D eigenvalue weighted by atomic mass is 16.4. The van der Waals surface area contributed by atoms with Crippen molar-refractivity contribution in [1.82, 2.24) is 25.9 Å². The maximum absolute atomic E-state index is 13.3. The average molecular weight is 518 g/mol. The van der Waals surface area contributed by atoms with Gasteiger partial charge in [0.15, 0.2) is 0 Å². The Hall–Kier alpha value is -4.30. The number of imidazole rings is 1. The molecule has 0 saturated heterocycles. The smallest absolute Gasteiger partial charge is 0.328 e. The number of nitrogens with zero attached hydrogens (tertiary/aromatic N) is 1. The topological polar surface area (TPSA) is 243 Å². The SMILES string of the molecule is NC(=O)CCC(N)C(=O)NC(Cc1ccccc1)C(=O)NC(Cc1cnc[nH]1)C(=O)NC(CO)C(=O)O. The molecule has 14 nitrogen and oxygen atoms in total. The van der Waals surface area contributed by atoms with Crippen molar-refractivity contribution in [2.24, 2.45) is 11.5 Å². The predicted molar refractivity (Wildman–Crippen MR) is 129 cm³/mol. The zero-order valence-corrected chi connectivity index (χ0v) is 19.9. The number of primary amides is 1. The van der Waals surface area contributed by atoms with Crippen molar-refractivity contribution in [3.05, 3.63) is 54.1 Å². The van der Waals surface area contributed by atoms with E-state index in [0.717, 1.165) is 0 Å². The number of nitrogens with two attached hydrogens (primary N) is 2. The number of carbonyl (C=O) groups is 5. The van der Waals surface area contributed by atoms with Crippen LogP contribution in [0.25, 0.3) is 0 Å². The third kappa shape index (κ3) is 9.70. The second-order valence-electron chi connectivity index (χ2n) is 8.29. The van der Waals surface area contributed by atoms with E-state index in [0.29, 0.717) is 11.3 Å². The molecule has 0 aliphatic carbocycles. The summed E-state index contributed by atoms with van der Waals surface area (Å²) >= 11 is 0. The van der Waals surface area contributed by atoms with E-state index in [1.807, 2.05) is 0 Å². The molecule has 37 heavy (non-hydrogen) atoms. The van der Waals surface area contributed by atoms with Gasteiger partial charge in [-0.3, -0.25) is 19.2 Å². The number of benzene rings is 1. The van der Waals surface area contributed by atoms with Crippen LogP contribution in [0.4, 0.5) is 0 Å². The Labute approximate surface area is 212 Å². The fourth-order valence-corrected chi connectivity index (χ4v) is 3.32. The summed E-state index contributed by atoms with van der Waals surface area (Å²) in [6, 6.07) is 3.63. The number of hydrogen-bond acceptors (Lipinski definition) is 8. The second kappa shape index (κ2) is 14.3. The summed E-state index contributed by atoms with van der Waals surface area (Å²) in [6.45, 7) is -0.859. The number of hydrogen-bond donors (Lipinski definition) is 8. The maximum atomic E-state index is 13.3. The summed E-state index contributed by atoms with van der Waals surface area (Å²) in [5, 5.41) is 25.7. The standard InChI is InChI=1S/C23H31N7O7/c24-15(6-7-19(25)32)20(33)28-16(8-13-4-2-1-3-5-13)21(34)29-17(9-14-10-26-12-27-14)22(35)30-18(11-31)23(36)37/h1-5,10,12,15-18,31H,6-9,11,24H2,(H2,25,32)(H,26,27)(H,28,33)(H,29,34)(H,30,35)(H,36,37). The molecule has 14 heteroatoms. The Kier molecular flexibility index (Phi) is 11.2. The molecule has 10 N–H and O–H groups in total. The lowest BCUT2D eigenvalue weighted by molar-refractivity contribution is -0.143. The summed E-state index contributed by atoms with van der Waals surface area (Å²) in [5.41, 5.74) is 12.1.